The number of hydrogen-bond donors (Lipinski definition) is 2. The van der Waals surface area contributed by atoms with Crippen LogP contribution in [0, 0.1) is 10.1 Å². The maximum Gasteiger partial charge on any atom is 0.323 e. The van der Waals surface area contributed by atoms with Crippen LogP contribution in [0.15, 0.2) is 40.0 Å². The fourth-order valence-electron chi connectivity index (χ4n) is 3.16. The molecule has 2 heterocycles. The Morgan fingerprint density at radius 1 is 1.35 bits per heavy atom. The van der Waals surface area contributed by atoms with Gasteiger partial charge in [0, 0.05) is 15.7 Å². The third-order valence-electron chi connectivity index (χ3n) is 4.47. The number of fused-ring (bicyclic) bond motifs is 3. The van der Waals surface area contributed by atoms with E-state index in [1.54, 1.807) is 19.2 Å². The zero-order chi connectivity index (χ0) is 22.1. The Labute approximate surface area is 189 Å². The molecule has 0 spiro atoms. The van der Waals surface area contributed by atoms with Gasteiger partial charge in [-0.3, -0.25) is 10.1 Å². The Balaban J connectivity index is 1.92. The number of anilines is 1. The van der Waals surface area contributed by atoms with Crippen molar-refractivity contribution in [3.63, 3.8) is 0 Å². The van der Waals surface area contributed by atoms with Crippen LogP contribution >= 0.6 is 27.7 Å². The molecule has 1 aromatic heterocycles. The van der Waals surface area contributed by atoms with E-state index in [9.17, 15) is 15.2 Å². The number of nitro groups is 1. The Kier molecular flexibility index (Phi) is 5.83. The Hall–Kier alpha value is -3.12. The number of hydrogen-bond acceptors (Lipinski definition) is 10. The third kappa shape index (κ3) is 3.95. The molecule has 1 unspecified atom stereocenters. The van der Waals surface area contributed by atoms with Gasteiger partial charge in [0.05, 0.1) is 17.1 Å². The van der Waals surface area contributed by atoms with Gasteiger partial charge in [-0.15, -0.1) is 10.2 Å². The average molecular weight is 506 g/mol. The number of aromatic nitrogens is 3. The zero-order valence-corrected chi connectivity index (χ0v) is 18.7. The van der Waals surface area contributed by atoms with E-state index >= 15 is 0 Å². The first-order valence-electron chi connectivity index (χ1n) is 9.07. The van der Waals surface area contributed by atoms with Crippen LogP contribution in [0.5, 0.6) is 17.4 Å². The molecule has 0 bridgehead atoms. The van der Waals surface area contributed by atoms with Crippen molar-refractivity contribution in [2.24, 2.45) is 0 Å². The molecule has 10 nitrogen and oxygen atoms in total. The van der Waals surface area contributed by atoms with E-state index in [1.165, 1.54) is 23.9 Å². The molecule has 0 saturated heterocycles. The number of nitro benzene ring substituents is 1. The number of halogens is 1. The lowest BCUT2D eigenvalue weighted by Gasteiger charge is -2.20. The SMILES string of the molecule is CCOc1c(O)ccc(C2Nc3ccc(Br)cc3-c3nnc(SC)nc3O2)c1[N+](=O)[O-]. The third-order valence-corrected chi connectivity index (χ3v) is 5.50. The number of phenolic OH excluding ortho intramolecular Hbond substituents is 1. The normalized spacial score (nSPS) is 14.5. The van der Waals surface area contributed by atoms with E-state index in [4.69, 9.17) is 9.47 Å². The summed E-state index contributed by atoms with van der Waals surface area (Å²) in [6.07, 6.45) is 0.798. The van der Waals surface area contributed by atoms with Crippen molar-refractivity contribution >= 4 is 39.1 Å². The molecule has 0 radical (unpaired) electrons. The highest BCUT2D eigenvalue weighted by Crippen LogP contribution is 2.46. The second kappa shape index (κ2) is 8.55. The van der Waals surface area contributed by atoms with E-state index in [1.807, 2.05) is 12.1 Å². The van der Waals surface area contributed by atoms with Crippen LogP contribution in [0.2, 0.25) is 0 Å². The number of nitrogens with zero attached hydrogens (tertiary/aromatic N) is 4. The van der Waals surface area contributed by atoms with Crippen molar-refractivity contribution in [1.82, 2.24) is 15.2 Å². The van der Waals surface area contributed by atoms with Gasteiger partial charge in [-0.1, -0.05) is 27.7 Å². The number of thioether (sulfide) groups is 1. The monoisotopic (exact) mass is 505 g/mol. The highest BCUT2D eigenvalue weighted by molar-refractivity contribution is 9.10. The van der Waals surface area contributed by atoms with Crippen molar-refractivity contribution in [3.8, 4) is 28.6 Å². The minimum atomic E-state index is -1.01. The van der Waals surface area contributed by atoms with Gasteiger partial charge in [-0.05, 0) is 43.5 Å². The van der Waals surface area contributed by atoms with Crippen LogP contribution in [0.25, 0.3) is 11.3 Å². The predicted octanol–water partition coefficient (Wildman–Crippen LogP) is 4.54. The zero-order valence-electron chi connectivity index (χ0n) is 16.3. The molecule has 1 atom stereocenters. The first-order valence-corrected chi connectivity index (χ1v) is 11.1. The standard InChI is InChI=1S/C19H16BrN5O5S/c1-3-29-16-13(26)7-5-10(15(16)25(27)28)17-21-12-6-4-9(20)8-11(12)14-18(30-17)22-19(31-2)24-23-14/h4-8,17,21,26H,3H2,1-2H3. The second-order valence-corrected chi connectivity index (χ2v) is 8.02. The number of ether oxygens (including phenoxy) is 2. The largest absolute Gasteiger partial charge is 0.504 e. The first kappa shape index (κ1) is 21.1. The summed E-state index contributed by atoms with van der Waals surface area (Å²) < 4.78 is 12.2. The number of phenols is 1. The molecule has 2 aromatic carbocycles. The van der Waals surface area contributed by atoms with Gasteiger partial charge < -0.3 is 19.9 Å². The van der Waals surface area contributed by atoms with Crippen LogP contribution in [-0.4, -0.2) is 38.1 Å². The molecule has 0 amide bonds. The van der Waals surface area contributed by atoms with Crippen molar-refractivity contribution in [2.45, 2.75) is 18.3 Å². The average Bonchev–Trinajstić information content (AvgIpc) is 2.90. The molecule has 0 aliphatic carbocycles. The molecule has 3 aromatic rings. The van der Waals surface area contributed by atoms with Crippen molar-refractivity contribution in [1.29, 1.82) is 0 Å². The molecule has 1 aliphatic heterocycles. The summed E-state index contributed by atoms with van der Waals surface area (Å²) in [6.45, 7) is 1.82. The van der Waals surface area contributed by atoms with Crippen molar-refractivity contribution in [3.05, 3.63) is 50.5 Å². The lowest BCUT2D eigenvalue weighted by molar-refractivity contribution is -0.387. The van der Waals surface area contributed by atoms with E-state index < -0.39 is 16.8 Å². The van der Waals surface area contributed by atoms with E-state index in [2.05, 4.69) is 36.4 Å². The fourth-order valence-corrected chi connectivity index (χ4v) is 3.82. The van der Waals surface area contributed by atoms with Crippen LogP contribution < -0.4 is 14.8 Å². The maximum absolute atomic E-state index is 11.9. The summed E-state index contributed by atoms with van der Waals surface area (Å²) in [4.78, 5) is 15.7. The summed E-state index contributed by atoms with van der Waals surface area (Å²) in [5.41, 5.74) is 1.47. The van der Waals surface area contributed by atoms with Crippen molar-refractivity contribution in [2.75, 3.05) is 18.2 Å². The smallest absolute Gasteiger partial charge is 0.323 e. The summed E-state index contributed by atoms with van der Waals surface area (Å²) in [7, 11) is 0. The fraction of sp³-hybridized carbons (Fsp3) is 0.211. The Morgan fingerprint density at radius 3 is 2.87 bits per heavy atom. The quantitative estimate of drug-likeness (QED) is 0.289. The number of rotatable bonds is 5. The molecule has 1 aliphatic rings. The molecular formula is C19H16BrN5O5S. The molecule has 2 N–H and O–H groups in total. The van der Waals surface area contributed by atoms with Gasteiger partial charge in [0.1, 0.15) is 0 Å². The maximum atomic E-state index is 11.9. The molecular weight excluding hydrogens is 490 g/mol. The summed E-state index contributed by atoms with van der Waals surface area (Å²) in [5.74, 6) is -0.375. The molecule has 31 heavy (non-hydrogen) atoms. The molecule has 4 rings (SSSR count). The minimum Gasteiger partial charge on any atom is -0.504 e. The molecule has 160 valence electrons. The van der Waals surface area contributed by atoms with Gasteiger partial charge in [0.25, 0.3) is 0 Å². The van der Waals surface area contributed by atoms with Gasteiger partial charge >= 0.3 is 5.69 Å². The summed E-state index contributed by atoms with van der Waals surface area (Å²) >= 11 is 4.74. The number of nitrogens with one attached hydrogen (secondary N) is 1. The van der Waals surface area contributed by atoms with Gasteiger partial charge in [0.15, 0.2) is 11.4 Å². The summed E-state index contributed by atoms with van der Waals surface area (Å²) in [6, 6.07) is 8.20. The van der Waals surface area contributed by atoms with Gasteiger partial charge in [-0.2, -0.15) is 4.98 Å². The molecule has 12 heteroatoms. The molecule has 0 fully saturated rings. The molecule has 0 saturated carbocycles. The highest BCUT2D eigenvalue weighted by atomic mass is 79.9. The lowest BCUT2D eigenvalue weighted by atomic mass is 10.1. The van der Waals surface area contributed by atoms with Crippen LogP contribution in [0.3, 0.4) is 0 Å². The van der Waals surface area contributed by atoms with Crippen LogP contribution in [0.1, 0.15) is 18.7 Å². The lowest BCUT2D eigenvalue weighted by Crippen LogP contribution is -2.19. The Morgan fingerprint density at radius 2 is 2.16 bits per heavy atom. The van der Waals surface area contributed by atoms with Gasteiger partial charge in [-0.25, -0.2) is 0 Å². The first-order chi connectivity index (χ1) is 14.9. The van der Waals surface area contributed by atoms with Crippen LogP contribution in [-0.2, 0) is 0 Å². The minimum absolute atomic E-state index is 0.144. The Bertz CT molecular complexity index is 1180. The van der Waals surface area contributed by atoms with E-state index in [0.29, 0.717) is 22.1 Å². The second-order valence-electron chi connectivity index (χ2n) is 6.33. The predicted molar refractivity (Wildman–Crippen MR) is 118 cm³/mol. The number of aromatic hydroxyl groups is 1. The van der Waals surface area contributed by atoms with Crippen LogP contribution in [0.4, 0.5) is 11.4 Å². The van der Waals surface area contributed by atoms with E-state index in [-0.39, 0.29) is 29.5 Å². The highest BCUT2D eigenvalue weighted by Gasteiger charge is 2.34. The summed E-state index contributed by atoms with van der Waals surface area (Å²) in [5, 5.41) is 34.0. The van der Waals surface area contributed by atoms with Gasteiger partial charge in [0.2, 0.25) is 23.0 Å². The number of benzene rings is 2. The topological polar surface area (TPSA) is 133 Å². The van der Waals surface area contributed by atoms with E-state index in [0.717, 1.165) is 4.47 Å². The van der Waals surface area contributed by atoms with Crippen molar-refractivity contribution < 1.29 is 19.5 Å².